The minimum atomic E-state index is -0.137. The number of hydrazone groups is 1. The van der Waals surface area contributed by atoms with E-state index in [1.54, 1.807) is 16.3 Å². The van der Waals surface area contributed by atoms with Crippen molar-refractivity contribution < 1.29 is 4.79 Å². The van der Waals surface area contributed by atoms with Crippen molar-refractivity contribution in [3.05, 3.63) is 79.4 Å². The molecule has 10 heteroatoms. The predicted octanol–water partition coefficient (Wildman–Crippen LogP) is 3.75. The number of aromatic amines is 1. The van der Waals surface area contributed by atoms with Gasteiger partial charge in [0.25, 0.3) is 11.5 Å². The standard InChI is InChI=1S/C24H22N6O2S2/c1-14-7-9-15(10-8-14)19-12-17(20-6-3-11-33-20)28-30(19)21(31)13-34-24-27-26-23-25-22(32)16-4-2-5-18(16)29(23)24/h3,6-11,19H,2,4-5,12-13H2,1H3,(H,25,26,32). The van der Waals surface area contributed by atoms with E-state index in [2.05, 4.69) is 46.4 Å². The molecule has 0 fully saturated rings. The molecule has 1 aliphatic carbocycles. The maximum absolute atomic E-state index is 13.4. The van der Waals surface area contributed by atoms with E-state index in [-0.39, 0.29) is 23.3 Å². The van der Waals surface area contributed by atoms with Crippen molar-refractivity contribution in [3.8, 4) is 0 Å². The maximum Gasteiger partial charge on any atom is 0.255 e. The lowest BCUT2D eigenvalue weighted by Crippen LogP contribution is -2.28. The summed E-state index contributed by atoms with van der Waals surface area (Å²) in [7, 11) is 0. The fraction of sp³-hybridized carbons (Fsp3) is 0.292. The fourth-order valence-electron chi connectivity index (χ4n) is 4.66. The Morgan fingerprint density at radius 2 is 2.06 bits per heavy atom. The zero-order chi connectivity index (χ0) is 23.2. The molecule has 4 aromatic rings. The number of thioether (sulfide) groups is 1. The van der Waals surface area contributed by atoms with Gasteiger partial charge in [-0.1, -0.05) is 47.7 Å². The van der Waals surface area contributed by atoms with E-state index < -0.39 is 0 Å². The second kappa shape index (κ2) is 8.52. The Balaban J connectivity index is 1.28. The van der Waals surface area contributed by atoms with Crippen LogP contribution in [0.2, 0.25) is 0 Å². The van der Waals surface area contributed by atoms with Crippen LogP contribution < -0.4 is 5.56 Å². The Labute approximate surface area is 203 Å². The van der Waals surface area contributed by atoms with Gasteiger partial charge in [0, 0.05) is 17.7 Å². The van der Waals surface area contributed by atoms with Gasteiger partial charge in [-0.15, -0.1) is 21.5 Å². The molecule has 0 spiro atoms. The average molecular weight is 491 g/mol. The highest BCUT2D eigenvalue weighted by Gasteiger charge is 2.33. The molecule has 2 aliphatic rings. The average Bonchev–Trinajstić information content (AvgIpc) is 3.63. The Morgan fingerprint density at radius 3 is 2.85 bits per heavy atom. The van der Waals surface area contributed by atoms with Gasteiger partial charge < -0.3 is 0 Å². The molecule has 1 aromatic carbocycles. The molecule has 4 heterocycles. The molecule has 0 radical (unpaired) electrons. The first-order valence-electron chi connectivity index (χ1n) is 11.2. The third-order valence-electron chi connectivity index (χ3n) is 6.35. The number of rotatable bonds is 5. The van der Waals surface area contributed by atoms with Crippen LogP contribution in [0.15, 0.2) is 56.8 Å². The zero-order valence-corrected chi connectivity index (χ0v) is 20.2. The quantitative estimate of drug-likeness (QED) is 0.430. The van der Waals surface area contributed by atoms with Crippen molar-refractivity contribution in [1.82, 2.24) is 24.6 Å². The molecule has 8 nitrogen and oxygen atoms in total. The zero-order valence-electron chi connectivity index (χ0n) is 18.5. The highest BCUT2D eigenvalue weighted by atomic mass is 32.2. The number of thiophene rings is 1. The Kier molecular flexibility index (Phi) is 5.34. The number of H-pyrrole nitrogens is 1. The summed E-state index contributed by atoms with van der Waals surface area (Å²) >= 11 is 2.97. The molecule has 3 aromatic heterocycles. The van der Waals surface area contributed by atoms with Crippen LogP contribution in [-0.4, -0.2) is 42.0 Å². The summed E-state index contributed by atoms with van der Waals surface area (Å²) in [6.07, 6.45) is 3.19. The van der Waals surface area contributed by atoms with Crippen LogP contribution in [0.1, 0.15) is 46.1 Å². The number of aryl methyl sites for hydroxylation is 2. The molecular formula is C24H22N6O2S2. The number of amides is 1. The summed E-state index contributed by atoms with van der Waals surface area (Å²) in [5, 5.41) is 17.4. The van der Waals surface area contributed by atoms with Crippen LogP contribution in [0.3, 0.4) is 0 Å². The second-order valence-electron chi connectivity index (χ2n) is 8.56. The number of benzene rings is 1. The van der Waals surface area contributed by atoms with Gasteiger partial charge in [0.05, 0.1) is 22.4 Å². The lowest BCUT2D eigenvalue weighted by molar-refractivity contribution is -0.130. The minimum Gasteiger partial charge on any atom is -0.290 e. The summed E-state index contributed by atoms with van der Waals surface area (Å²) < 4.78 is 1.89. The third kappa shape index (κ3) is 3.67. The Bertz CT molecular complexity index is 1470. The smallest absolute Gasteiger partial charge is 0.255 e. The number of carbonyl (C=O) groups is 1. The minimum absolute atomic E-state index is 0.0834. The van der Waals surface area contributed by atoms with Gasteiger partial charge in [0.2, 0.25) is 5.78 Å². The highest BCUT2D eigenvalue weighted by Crippen LogP contribution is 2.35. The van der Waals surface area contributed by atoms with Gasteiger partial charge in [0.1, 0.15) is 0 Å². The number of fused-ring (bicyclic) bond motifs is 3. The highest BCUT2D eigenvalue weighted by molar-refractivity contribution is 7.99. The van der Waals surface area contributed by atoms with Crippen LogP contribution in [0.5, 0.6) is 0 Å². The third-order valence-corrected chi connectivity index (χ3v) is 8.18. The van der Waals surface area contributed by atoms with E-state index in [0.29, 0.717) is 17.4 Å². The monoisotopic (exact) mass is 490 g/mol. The predicted molar refractivity (Wildman–Crippen MR) is 133 cm³/mol. The SMILES string of the molecule is Cc1ccc(C2CC(c3cccs3)=NN2C(=O)CSc2nnc3[nH]c(=O)c4c(n23)CCC4)cc1. The topological polar surface area (TPSA) is 95.7 Å². The lowest BCUT2D eigenvalue weighted by Gasteiger charge is -2.22. The first kappa shape index (κ1) is 21.3. The van der Waals surface area contributed by atoms with Crippen molar-refractivity contribution in [2.45, 2.75) is 43.8 Å². The van der Waals surface area contributed by atoms with Crippen LogP contribution in [0.4, 0.5) is 0 Å². The number of hydrogen-bond donors (Lipinski definition) is 1. The van der Waals surface area contributed by atoms with E-state index in [4.69, 9.17) is 5.10 Å². The molecule has 1 N–H and O–H groups in total. The summed E-state index contributed by atoms with van der Waals surface area (Å²) in [5.41, 5.74) is 4.84. The summed E-state index contributed by atoms with van der Waals surface area (Å²) in [4.78, 5) is 29.6. The van der Waals surface area contributed by atoms with Crippen molar-refractivity contribution in [3.63, 3.8) is 0 Å². The van der Waals surface area contributed by atoms with E-state index >= 15 is 0 Å². The first-order valence-corrected chi connectivity index (χ1v) is 13.1. The number of hydrogen-bond acceptors (Lipinski definition) is 7. The van der Waals surface area contributed by atoms with Crippen molar-refractivity contribution in [2.75, 3.05) is 5.75 Å². The normalized spacial score (nSPS) is 17.4. The van der Waals surface area contributed by atoms with Crippen LogP contribution in [0.25, 0.3) is 5.78 Å². The Hall–Kier alpha value is -3.24. The van der Waals surface area contributed by atoms with Crippen LogP contribution in [0, 0.1) is 6.92 Å². The molecule has 1 aliphatic heterocycles. The molecule has 6 rings (SSSR count). The molecular weight excluding hydrogens is 468 g/mol. The van der Waals surface area contributed by atoms with Crippen molar-refractivity contribution in [2.24, 2.45) is 5.10 Å². The molecule has 0 bridgehead atoms. The summed E-state index contributed by atoms with van der Waals surface area (Å²) in [5.74, 6) is 0.524. The molecule has 1 amide bonds. The Morgan fingerprint density at radius 1 is 1.21 bits per heavy atom. The largest absolute Gasteiger partial charge is 0.290 e. The fourth-order valence-corrected chi connectivity index (χ4v) is 6.19. The van der Waals surface area contributed by atoms with Gasteiger partial charge in [-0.25, -0.2) is 5.01 Å². The van der Waals surface area contributed by atoms with Gasteiger partial charge in [-0.2, -0.15) is 5.10 Å². The number of nitrogens with zero attached hydrogens (tertiary/aromatic N) is 5. The molecule has 1 atom stereocenters. The van der Waals surface area contributed by atoms with Crippen molar-refractivity contribution >= 4 is 40.5 Å². The van der Waals surface area contributed by atoms with Crippen LogP contribution in [-0.2, 0) is 17.6 Å². The van der Waals surface area contributed by atoms with E-state index in [0.717, 1.165) is 46.7 Å². The molecule has 172 valence electrons. The van der Waals surface area contributed by atoms with Gasteiger partial charge in [-0.3, -0.25) is 19.0 Å². The van der Waals surface area contributed by atoms with Gasteiger partial charge >= 0.3 is 0 Å². The van der Waals surface area contributed by atoms with E-state index in [1.807, 2.05) is 21.9 Å². The molecule has 0 saturated carbocycles. The lowest BCUT2D eigenvalue weighted by atomic mass is 10.00. The van der Waals surface area contributed by atoms with Crippen molar-refractivity contribution in [1.29, 1.82) is 0 Å². The number of nitrogens with one attached hydrogen (secondary N) is 1. The van der Waals surface area contributed by atoms with Gasteiger partial charge in [-0.05, 0) is 43.2 Å². The number of carbonyl (C=O) groups excluding carboxylic acids is 1. The summed E-state index contributed by atoms with van der Waals surface area (Å²) in [6, 6.07) is 12.2. The van der Waals surface area contributed by atoms with Gasteiger partial charge in [0.15, 0.2) is 5.16 Å². The maximum atomic E-state index is 13.4. The van der Waals surface area contributed by atoms with Crippen LogP contribution >= 0.6 is 23.1 Å². The number of aromatic nitrogens is 4. The van der Waals surface area contributed by atoms with E-state index in [9.17, 15) is 9.59 Å². The summed E-state index contributed by atoms with van der Waals surface area (Å²) in [6.45, 7) is 2.05. The second-order valence-corrected chi connectivity index (χ2v) is 10.4. The molecule has 0 saturated heterocycles. The molecule has 1 unspecified atom stereocenters. The van der Waals surface area contributed by atoms with E-state index in [1.165, 1.54) is 17.3 Å². The molecule has 34 heavy (non-hydrogen) atoms. The first-order chi connectivity index (χ1) is 16.6.